The first-order chi connectivity index (χ1) is 9.39. The van der Waals surface area contributed by atoms with Gasteiger partial charge in [0.25, 0.3) is 0 Å². The van der Waals surface area contributed by atoms with Gasteiger partial charge in [-0.05, 0) is 43.9 Å². The van der Waals surface area contributed by atoms with Crippen molar-refractivity contribution < 1.29 is 17.9 Å². The van der Waals surface area contributed by atoms with E-state index in [1.807, 2.05) is 0 Å². The fourth-order valence-corrected chi connectivity index (χ4v) is 5.70. The summed E-state index contributed by atoms with van der Waals surface area (Å²) in [4.78, 5) is -0.0612. The first-order valence-electron chi connectivity index (χ1n) is 6.56. The smallest absolute Gasteiger partial charge is 0.245 e. The van der Waals surface area contributed by atoms with E-state index >= 15 is 0 Å². The normalized spacial score (nSPS) is 30.6. The van der Waals surface area contributed by atoms with E-state index in [9.17, 15) is 17.9 Å². The van der Waals surface area contributed by atoms with Gasteiger partial charge < -0.3 is 5.11 Å². The summed E-state index contributed by atoms with van der Waals surface area (Å²) in [6, 6.07) is 2.94. The molecule has 3 rings (SSSR count). The summed E-state index contributed by atoms with van der Waals surface area (Å²) in [5, 5.41) is 9.64. The van der Waals surface area contributed by atoms with Gasteiger partial charge in [-0.3, -0.25) is 0 Å². The van der Waals surface area contributed by atoms with Crippen LogP contribution in [0.4, 0.5) is 4.39 Å². The zero-order chi connectivity index (χ0) is 14.5. The summed E-state index contributed by atoms with van der Waals surface area (Å²) in [7, 11) is -3.75. The standard InChI is InChI=1S/C13H15ClFNO3S/c14-12-5-8(15)1-4-13(12)20(18,19)16-9-2-3-10(16)7-11(17)6-9/h1,4-5,9-11,17H,2-3,6-7H2. The molecule has 2 bridgehead atoms. The number of nitrogens with zero attached hydrogens (tertiary/aromatic N) is 1. The monoisotopic (exact) mass is 319 g/mol. The van der Waals surface area contributed by atoms with E-state index in [4.69, 9.17) is 11.6 Å². The molecule has 2 aliphatic heterocycles. The Balaban J connectivity index is 2.01. The van der Waals surface area contributed by atoms with Crippen molar-refractivity contribution in [1.29, 1.82) is 0 Å². The molecule has 2 atom stereocenters. The summed E-state index contributed by atoms with van der Waals surface area (Å²) < 4.78 is 40.0. The Hall–Kier alpha value is -0.690. The topological polar surface area (TPSA) is 57.6 Å². The molecule has 0 saturated carbocycles. The molecule has 0 aromatic heterocycles. The van der Waals surface area contributed by atoms with E-state index in [-0.39, 0.29) is 22.0 Å². The van der Waals surface area contributed by atoms with Crippen LogP contribution in [0.3, 0.4) is 0 Å². The van der Waals surface area contributed by atoms with Crippen LogP contribution in [0, 0.1) is 5.82 Å². The molecule has 1 N–H and O–H groups in total. The van der Waals surface area contributed by atoms with E-state index in [1.165, 1.54) is 10.4 Å². The first-order valence-corrected chi connectivity index (χ1v) is 8.38. The number of rotatable bonds is 2. The van der Waals surface area contributed by atoms with Gasteiger partial charge in [0.15, 0.2) is 0 Å². The highest BCUT2D eigenvalue weighted by Gasteiger charge is 2.47. The van der Waals surface area contributed by atoms with E-state index in [0.717, 1.165) is 25.0 Å². The molecule has 2 fully saturated rings. The molecule has 0 spiro atoms. The van der Waals surface area contributed by atoms with Crippen LogP contribution in [-0.4, -0.2) is 36.0 Å². The molecule has 1 aromatic rings. The quantitative estimate of drug-likeness (QED) is 0.908. The van der Waals surface area contributed by atoms with Gasteiger partial charge in [0.05, 0.1) is 11.1 Å². The molecule has 7 heteroatoms. The predicted octanol–water partition coefficient (Wildman–Crippen LogP) is 2.16. The van der Waals surface area contributed by atoms with Gasteiger partial charge >= 0.3 is 0 Å². The minimum atomic E-state index is -3.75. The molecule has 110 valence electrons. The second-order valence-corrected chi connectivity index (χ2v) is 7.64. The van der Waals surface area contributed by atoms with Gasteiger partial charge in [-0.15, -0.1) is 0 Å². The molecule has 1 aromatic carbocycles. The number of aliphatic hydroxyl groups is 1. The summed E-state index contributed by atoms with van der Waals surface area (Å²) in [5.74, 6) is -0.564. The van der Waals surface area contributed by atoms with Gasteiger partial charge in [-0.1, -0.05) is 11.6 Å². The van der Waals surface area contributed by atoms with Crippen LogP contribution in [-0.2, 0) is 10.0 Å². The van der Waals surface area contributed by atoms with Crippen molar-refractivity contribution >= 4 is 21.6 Å². The Morgan fingerprint density at radius 3 is 2.40 bits per heavy atom. The zero-order valence-corrected chi connectivity index (χ0v) is 12.2. The number of hydrogen-bond acceptors (Lipinski definition) is 3. The third-order valence-corrected chi connectivity index (χ3v) is 6.58. The molecule has 0 amide bonds. The SMILES string of the molecule is O=S(=O)(c1ccc(F)cc1Cl)N1C2CCC1CC(O)C2. The number of benzene rings is 1. The Labute approximate surface area is 122 Å². The van der Waals surface area contributed by atoms with Crippen molar-refractivity contribution in [3.8, 4) is 0 Å². The second-order valence-electron chi connectivity index (χ2n) is 5.42. The maximum atomic E-state index is 13.1. The maximum absolute atomic E-state index is 13.1. The van der Waals surface area contributed by atoms with Gasteiger partial charge in [0.2, 0.25) is 10.0 Å². The summed E-state index contributed by atoms with van der Waals surface area (Å²) in [5.41, 5.74) is 0. The highest BCUT2D eigenvalue weighted by atomic mass is 35.5. The van der Waals surface area contributed by atoms with Gasteiger partial charge in [-0.2, -0.15) is 4.31 Å². The molecule has 2 unspecified atom stereocenters. The van der Waals surface area contributed by atoms with Crippen LogP contribution >= 0.6 is 11.6 Å². The van der Waals surface area contributed by atoms with E-state index in [2.05, 4.69) is 0 Å². The average Bonchev–Trinajstić information content (AvgIpc) is 2.62. The molecular weight excluding hydrogens is 305 g/mol. The predicted molar refractivity (Wildman–Crippen MR) is 72.5 cm³/mol. The van der Waals surface area contributed by atoms with Gasteiger partial charge in [-0.25, -0.2) is 12.8 Å². The molecule has 0 aliphatic carbocycles. The van der Waals surface area contributed by atoms with Crippen LogP contribution in [0.5, 0.6) is 0 Å². The largest absolute Gasteiger partial charge is 0.393 e. The highest BCUT2D eigenvalue weighted by Crippen LogP contribution is 2.40. The van der Waals surface area contributed by atoms with Gasteiger partial charge in [0.1, 0.15) is 10.7 Å². The van der Waals surface area contributed by atoms with Crippen LogP contribution in [0.2, 0.25) is 5.02 Å². The van der Waals surface area contributed by atoms with Crippen molar-refractivity contribution in [1.82, 2.24) is 4.31 Å². The van der Waals surface area contributed by atoms with Crippen LogP contribution < -0.4 is 0 Å². The van der Waals surface area contributed by atoms with E-state index < -0.39 is 21.9 Å². The Kier molecular flexibility index (Phi) is 3.52. The van der Waals surface area contributed by atoms with Crippen molar-refractivity contribution in [2.75, 3.05) is 0 Å². The van der Waals surface area contributed by atoms with E-state index in [0.29, 0.717) is 12.8 Å². The molecule has 2 aliphatic rings. The highest BCUT2D eigenvalue weighted by molar-refractivity contribution is 7.89. The van der Waals surface area contributed by atoms with Gasteiger partial charge in [0, 0.05) is 12.1 Å². The van der Waals surface area contributed by atoms with Crippen molar-refractivity contribution in [2.45, 2.75) is 48.8 Å². The summed E-state index contributed by atoms with van der Waals surface area (Å²) in [6.07, 6.45) is 1.96. The maximum Gasteiger partial charge on any atom is 0.245 e. The molecule has 4 nitrogen and oxygen atoms in total. The third kappa shape index (κ3) is 2.24. The zero-order valence-electron chi connectivity index (χ0n) is 10.7. The molecule has 0 radical (unpaired) electrons. The number of hydrogen-bond donors (Lipinski definition) is 1. The van der Waals surface area contributed by atoms with Crippen LogP contribution in [0.25, 0.3) is 0 Å². The van der Waals surface area contributed by atoms with Crippen molar-refractivity contribution in [3.63, 3.8) is 0 Å². The van der Waals surface area contributed by atoms with Crippen molar-refractivity contribution in [3.05, 3.63) is 29.0 Å². The fraction of sp³-hybridized carbons (Fsp3) is 0.538. The minimum absolute atomic E-state index is 0.0612. The Morgan fingerprint density at radius 1 is 1.25 bits per heavy atom. The number of aliphatic hydroxyl groups excluding tert-OH is 1. The lowest BCUT2D eigenvalue weighted by Gasteiger charge is -2.36. The first kappa shape index (κ1) is 14.3. The molecule has 20 heavy (non-hydrogen) atoms. The lowest BCUT2D eigenvalue weighted by molar-refractivity contribution is 0.0769. The molecular formula is C13H15ClFNO3S. The lowest BCUT2D eigenvalue weighted by Crippen LogP contribution is -2.47. The van der Waals surface area contributed by atoms with Crippen LogP contribution in [0.15, 0.2) is 23.1 Å². The van der Waals surface area contributed by atoms with Crippen molar-refractivity contribution in [2.24, 2.45) is 0 Å². The number of halogens is 2. The average molecular weight is 320 g/mol. The second kappa shape index (κ2) is 4.94. The number of fused-ring (bicyclic) bond motifs is 2. The molecule has 2 heterocycles. The summed E-state index contributed by atoms with van der Waals surface area (Å²) >= 11 is 5.88. The van der Waals surface area contributed by atoms with Crippen LogP contribution in [0.1, 0.15) is 25.7 Å². The third-order valence-electron chi connectivity index (χ3n) is 4.09. The number of piperidine rings is 1. The lowest BCUT2D eigenvalue weighted by atomic mass is 10.0. The fourth-order valence-electron chi connectivity index (χ4n) is 3.30. The van der Waals surface area contributed by atoms with E-state index in [1.54, 1.807) is 0 Å². The summed E-state index contributed by atoms with van der Waals surface area (Å²) in [6.45, 7) is 0. The molecule has 2 saturated heterocycles. The number of sulfonamides is 1. The minimum Gasteiger partial charge on any atom is -0.393 e. The Bertz CT molecular complexity index is 623. The Morgan fingerprint density at radius 2 is 1.85 bits per heavy atom.